The number of nitrogens with zero attached hydrogens (tertiary/aromatic N) is 2. The Labute approximate surface area is 171 Å². The summed E-state index contributed by atoms with van der Waals surface area (Å²) >= 11 is 7.48. The van der Waals surface area contributed by atoms with Crippen LogP contribution in [0.3, 0.4) is 0 Å². The van der Waals surface area contributed by atoms with Crippen LogP contribution in [0.1, 0.15) is 19.3 Å². The molecule has 2 fully saturated rings. The summed E-state index contributed by atoms with van der Waals surface area (Å²) < 4.78 is 29.3. The zero-order chi connectivity index (χ0) is 20.5. The van der Waals surface area contributed by atoms with Crippen LogP contribution in [-0.2, 0) is 19.4 Å². The molecule has 8 nitrogen and oxygen atoms in total. The van der Waals surface area contributed by atoms with Crippen molar-refractivity contribution < 1.29 is 27.9 Å². The van der Waals surface area contributed by atoms with Crippen molar-refractivity contribution in [3.05, 3.63) is 23.2 Å². The Morgan fingerprint density at radius 3 is 2.75 bits per heavy atom. The summed E-state index contributed by atoms with van der Waals surface area (Å²) in [5, 5.41) is 9.23. The Balaban J connectivity index is 1.89. The topological polar surface area (TPSA) is 113 Å². The molecule has 2 aliphatic rings. The van der Waals surface area contributed by atoms with Crippen molar-refractivity contribution >= 4 is 55.9 Å². The smallest absolute Gasteiger partial charge is 0.303 e. The van der Waals surface area contributed by atoms with E-state index in [-0.39, 0.29) is 42.1 Å². The predicted molar refractivity (Wildman–Crippen MR) is 108 cm³/mol. The van der Waals surface area contributed by atoms with Gasteiger partial charge in [0.1, 0.15) is 5.75 Å². The predicted octanol–water partition coefficient (Wildman–Crippen LogP) is 2.20. The Bertz CT molecular complexity index is 934. The first-order valence-electron chi connectivity index (χ1n) is 8.53. The zero-order valence-electron chi connectivity index (χ0n) is 15.0. The molecule has 2 aliphatic heterocycles. The van der Waals surface area contributed by atoms with Gasteiger partial charge in [-0.2, -0.15) is 4.99 Å². The number of rotatable bonds is 6. The second kappa shape index (κ2) is 8.30. The highest BCUT2D eigenvalue weighted by molar-refractivity contribution is 8.16. The number of amidine groups is 1. The highest BCUT2D eigenvalue weighted by atomic mass is 35.5. The van der Waals surface area contributed by atoms with Crippen molar-refractivity contribution in [3.8, 4) is 5.75 Å². The van der Waals surface area contributed by atoms with Gasteiger partial charge in [-0.1, -0.05) is 23.4 Å². The lowest BCUT2D eigenvalue weighted by Crippen LogP contribution is -2.37. The summed E-state index contributed by atoms with van der Waals surface area (Å²) in [7, 11) is -1.68. The fourth-order valence-corrected chi connectivity index (χ4v) is 7.41. The molecule has 0 bridgehead atoms. The molecule has 2 atom stereocenters. The van der Waals surface area contributed by atoms with Crippen LogP contribution in [0.5, 0.6) is 5.75 Å². The van der Waals surface area contributed by atoms with Gasteiger partial charge in [-0.15, -0.1) is 0 Å². The monoisotopic (exact) mass is 446 g/mol. The van der Waals surface area contributed by atoms with E-state index < -0.39 is 21.7 Å². The second-order valence-electron chi connectivity index (χ2n) is 6.52. The summed E-state index contributed by atoms with van der Waals surface area (Å²) in [6, 6.07) is 4.72. The summed E-state index contributed by atoms with van der Waals surface area (Å²) in [5.74, 6) is -0.924. The highest BCUT2D eigenvalue weighted by Crippen LogP contribution is 2.42. The van der Waals surface area contributed by atoms with Crippen LogP contribution in [0, 0.1) is 0 Å². The third-order valence-electron chi connectivity index (χ3n) is 4.48. The Kier molecular flexibility index (Phi) is 6.21. The maximum absolute atomic E-state index is 12.2. The molecule has 152 valence electrons. The second-order valence-corrected chi connectivity index (χ2v) is 10.3. The van der Waals surface area contributed by atoms with Crippen LogP contribution in [0.2, 0.25) is 5.02 Å². The number of thioether (sulfide) groups is 1. The molecule has 1 aromatic rings. The van der Waals surface area contributed by atoms with Gasteiger partial charge in [0.15, 0.2) is 15.0 Å². The van der Waals surface area contributed by atoms with E-state index >= 15 is 0 Å². The largest absolute Gasteiger partial charge is 0.495 e. The number of fused-ring (bicyclic) bond motifs is 1. The first-order chi connectivity index (χ1) is 13.2. The molecule has 2 heterocycles. The molecule has 0 spiro atoms. The molecule has 0 saturated carbocycles. The number of hydrogen-bond acceptors (Lipinski definition) is 6. The van der Waals surface area contributed by atoms with Crippen molar-refractivity contribution in [2.24, 2.45) is 4.99 Å². The van der Waals surface area contributed by atoms with Crippen molar-refractivity contribution in [1.82, 2.24) is 0 Å². The normalized spacial score (nSPS) is 24.4. The average molecular weight is 447 g/mol. The zero-order valence-corrected chi connectivity index (χ0v) is 17.4. The standard InChI is InChI=1S/C17H19ClN2O6S2/c1-26-13-6-5-10(7-11(13)18)20-12-8-28(24,25)9-14(12)27-17(20)19-15(21)3-2-4-16(22)23/h5-7,12,14H,2-4,8-9H2,1H3,(H,22,23)/t12-,14-/m0/s1. The number of carbonyl (C=O) groups is 2. The van der Waals surface area contributed by atoms with Gasteiger partial charge in [0.05, 0.1) is 29.7 Å². The lowest BCUT2D eigenvalue weighted by atomic mass is 10.2. The molecule has 28 heavy (non-hydrogen) atoms. The number of carboxylic acids is 1. The van der Waals surface area contributed by atoms with Crippen molar-refractivity contribution in [1.29, 1.82) is 0 Å². The van der Waals surface area contributed by atoms with Gasteiger partial charge in [0, 0.05) is 23.8 Å². The molecule has 0 aliphatic carbocycles. The summed E-state index contributed by atoms with van der Waals surface area (Å²) in [4.78, 5) is 28.7. The third-order valence-corrected chi connectivity index (χ3v) is 7.99. The molecule has 1 aromatic carbocycles. The number of hydrogen-bond donors (Lipinski definition) is 1. The van der Waals surface area contributed by atoms with Crippen molar-refractivity contribution in [2.75, 3.05) is 23.5 Å². The molecule has 0 radical (unpaired) electrons. The first kappa shape index (κ1) is 20.9. The minimum absolute atomic E-state index is 0.0151. The molecule has 0 aromatic heterocycles. The van der Waals surface area contributed by atoms with Crippen molar-refractivity contribution in [2.45, 2.75) is 30.6 Å². The quantitative estimate of drug-likeness (QED) is 0.707. The lowest BCUT2D eigenvalue weighted by Gasteiger charge is -2.25. The first-order valence-corrected chi connectivity index (χ1v) is 11.6. The van der Waals surface area contributed by atoms with Gasteiger partial charge >= 0.3 is 5.97 Å². The van der Waals surface area contributed by atoms with E-state index in [1.807, 2.05) is 0 Å². The van der Waals surface area contributed by atoms with E-state index in [1.54, 1.807) is 23.1 Å². The van der Waals surface area contributed by atoms with Gasteiger partial charge in [-0.3, -0.25) is 9.59 Å². The van der Waals surface area contributed by atoms with Crippen LogP contribution in [0.25, 0.3) is 0 Å². The summed E-state index contributed by atoms with van der Waals surface area (Å²) in [6.45, 7) is 0. The lowest BCUT2D eigenvalue weighted by molar-refractivity contribution is -0.137. The van der Waals surface area contributed by atoms with Crippen LogP contribution >= 0.6 is 23.4 Å². The van der Waals surface area contributed by atoms with E-state index in [9.17, 15) is 18.0 Å². The van der Waals surface area contributed by atoms with Crippen LogP contribution in [0.4, 0.5) is 5.69 Å². The number of halogens is 1. The number of ether oxygens (including phenoxy) is 1. The minimum atomic E-state index is -3.17. The van der Waals surface area contributed by atoms with Gasteiger partial charge in [0.25, 0.3) is 0 Å². The number of aliphatic carboxylic acids is 1. The SMILES string of the molecule is COc1ccc(N2C(=NC(=O)CCCC(=O)O)S[C@H]3CS(=O)(=O)C[C@@H]32)cc1Cl. The fourth-order valence-electron chi connectivity index (χ4n) is 3.22. The molecule has 0 unspecified atom stereocenters. The van der Waals surface area contributed by atoms with Crippen LogP contribution in [-0.4, -0.2) is 60.5 Å². The van der Waals surface area contributed by atoms with Crippen LogP contribution < -0.4 is 9.64 Å². The number of carbonyl (C=O) groups excluding carboxylic acids is 1. The minimum Gasteiger partial charge on any atom is -0.495 e. The average Bonchev–Trinajstić information content (AvgIpc) is 3.05. The number of methoxy groups -OCH3 is 1. The summed E-state index contributed by atoms with van der Waals surface area (Å²) in [6.07, 6.45) is 0.109. The number of aliphatic imine (C=N–C) groups is 1. The molecule has 1 N–H and O–H groups in total. The maximum Gasteiger partial charge on any atom is 0.303 e. The molecule has 2 saturated heterocycles. The summed E-state index contributed by atoms with van der Waals surface area (Å²) in [5.41, 5.74) is 0.625. The number of amides is 1. The fraction of sp³-hybridized carbons (Fsp3) is 0.471. The Hall–Kier alpha value is -1.78. The number of anilines is 1. The van der Waals surface area contributed by atoms with Gasteiger partial charge < -0.3 is 14.7 Å². The van der Waals surface area contributed by atoms with Crippen LogP contribution in [0.15, 0.2) is 23.2 Å². The third kappa shape index (κ3) is 4.61. The van der Waals surface area contributed by atoms with E-state index in [1.165, 1.54) is 18.9 Å². The number of carboxylic acid groups (broad SMARTS) is 1. The molecule has 3 rings (SSSR count). The van der Waals surface area contributed by atoms with E-state index in [0.29, 0.717) is 21.6 Å². The van der Waals surface area contributed by atoms with Crippen molar-refractivity contribution in [3.63, 3.8) is 0 Å². The molecule has 1 amide bonds. The number of benzene rings is 1. The van der Waals surface area contributed by atoms with Gasteiger partial charge in [0.2, 0.25) is 5.91 Å². The maximum atomic E-state index is 12.2. The highest BCUT2D eigenvalue weighted by Gasteiger charge is 2.49. The number of sulfone groups is 1. The molecular weight excluding hydrogens is 428 g/mol. The Morgan fingerprint density at radius 2 is 2.11 bits per heavy atom. The molecular formula is C17H19ClN2O6S2. The van der Waals surface area contributed by atoms with Gasteiger partial charge in [-0.25, -0.2) is 8.42 Å². The van der Waals surface area contributed by atoms with E-state index in [0.717, 1.165) is 0 Å². The molecule has 11 heteroatoms. The van der Waals surface area contributed by atoms with E-state index in [4.69, 9.17) is 21.4 Å². The Morgan fingerprint density at radius 1 is 1.36 bits per heavy atom. The van der Waals surface area contributed by atoms with Gasteiger partial charge in [-0.05, 0) is 24.6 Å². The van der Waals surface area contributed by atoms with E-state index in [2.05, 4.69) is 4.99 Å².